The number of piperidine rings is 3. The first kappa shape index (κ1) is 49.0. The average Bonchev–Trinajstić information content (AvgIpc) is 3.71. The molecule has 374 valence electrons. The van der Waals surface area contributed by atoms with E-state index in [0.717, 1.165) is 58.7 Å². The van der Waals surface area contributed by atoms with E-state index in [1.54, 1.807) is 24.5 Å². The molecule has 2 aliphatic carbocycles. The predicted molar refractivity (Wildman–Crippen MR) is 258 cm³/mol. The summed E-state index contributed by atoms with van der Waals surface area (Å²) >= 11 is 0. The van der Waals surface area contributed by atoms with E-state index in [1.165, 1.54) is 75.5 Å². The molecule has 70 heavy (non-hydrogen) atoms. The van der Waals surface area contributed by atoms with Crippen molar-refractivity contribution >= 4 is 52.2 Å². The molecular weight excluding hydrogens is 906 g/mol. The zero-order valence-corrected chi connectivity index (χ0v) is 40.0. The first-order valence-corrected chi connectivity index (χ1v) is 24.9. The summed E-state index contributed by atoms with van der Waals surface area (Å²) in [4.78, 5) is 64.6. The van der Waals surface area contributed by atoms with Crippen LogP contribution in [0.15, 0.2) is 42.7 Å². The summed E-state index contributed by atoms with van der Waals surface area (Å²) in [5.74, 6) is 0.208. The van der Waals surface area contributed by atoms with Crippen LogP contribution in [-0.2, 0) is 30.6 Å². The molecule has 2 aromatic heterocycles. The van der Waals surface area contributed by atoms with Crippen LogP contribution < -0.4 is 25.6 Å². The van der Waals surface area contributed by atoms with Gasteiger partial charge in [-0.15, -0.1) is 0 Å². The number of nitrogens with zero attached hydrogens (tertiary/aromatic N) is 5. The predicted octanol–water partition coefficient (Wildman–Crippen LogP) is 8.03. The third kappa shape index (κ3) is 10.5. The third-order valence-corrected chi connectivity index (χ3v) is 15.6. The molecule has 5 aliphatic heterocycles. The molecule has 4 aromatic rings. The fraction of sp³-hybridized carbons (Fsp3) is 0.538. The van der Waals surface area contributed by atoms with Gasteiger partial charge < -0.3 is 34.8 Å². The Bertz CT molecular complexity index is 2570. The molecule has 2 aromatic carbocycles. The number of amides is 3. The molecule has 7 heterocycles. The van der Waals surface area contributed by atoms with Crippen molar-refractivity contribution in [1.82, 2.24) is 25.1 Å². The number of halogens is 3. The van der Waals surface area contributed by atoms with Gasteiger partial charge in [-0.3, -0.25) is 24.5 Å². The van der Waals surface area contributed by atoms with Crippen LogP contribution >= 0.6 is 0 Å². The van der Waals surface area contributed by atoms with Gasteiger partial charge in [0, 0.05) is 79.7 Å². The number of rotatable bonds is 9. The number of nitrogens with one attached hydrogen (secondary N) is 3. The Morgan fingerprint density at radius 2 is 1.67 bits per heavy atom. The topological polar surface area (TPSA) is 168 Å². The zero-order valence-electron chi connectivity index (χ0n) is 40.0. The SMILES string of the molecule is CNc1cc2cc(-c3cnc4c(c3C)NCCO4)c(F)cc2cn1.O=C1CCC(N2Cc3c(ccc(N4CCC(OF)CC4)c3F)C2=O)C(=O)N1.O=COC1CC2(CCN(CC3CCCCC3)CC2)C1. The Morgan fingerprint density at radius 3 is 2.39 bits per heavy atom. The molecule has 1 atom stereocenters. The second-order valence-electron chi connectivity index (χ2n) is 19.9. The summed E-state index contributed by atoms with van der Waals surface area (Å²) in [5, 5.41) is 10.2. The molecule has 7 aliphatic rings. The van der Waals surface area contributed by atoms with E-state index < -0.39 is 29.8 Å². The van der Waals surface area contributed by atoms with E-state index in [-0.39, 0.29) is 48.3 Å². The number of aromatic nitrogens is 2. The van der Waals surface area contributed by atoms with E-state index in [2.05, 4.69) is 35.8 Å². The number of carbonyl (C=O) groups excluding carboxylic acids is 4. The molecule has 3 N–H and O–H groups in total. The molecule has 18 heteroatoms. The van der Waals surface area contributed by atoms with Crippen molar-refractivity contribution in [2.45, 2.75) is 115 Å². The maximum absolute atomic E-state index is 15.1. The number of benzene rings is 2. The molecule has 15 nitrogen and oxygen atoms in total. The highest BCUT2D eigenvalue weighted by molar-refractivity contribution is 6.05. The first-order valence-electron chi connectivity index (χ1n) is 24.9. The molecule has 1 spiro atoms. The maximum atomic E-state index is 15.1. The Kier molecular flexibility index (Phi) is 15.1. The number of ether oxygens (including phenoxy) is 2. The van der Waals surface area contributed by atoms with Crippen LogP contribution in [0.25, 0.3) is 21.9 Å². The number of carbonyl (C=O) groups is 4. The Balaban J connectivity index is 0.000000132. The van der Waals surface area contributed by atoms with E-state index in [9.17, 15) is 28.1 Å². The van der Waals surface area contributed by atoms with Gasteiger partial charge in [0.1, 0.15) is 42.2 Å². The van der Waals surface area contributed by atoms with Gasteiger partial charge in [0.25, 0.3) is 12.4 Å². The minimum atomic E-state index is -0.775. The van der Waals surface area contributed by atoms with Crippen LogP contribution in [0.3, 0.4) is 0 Å². The lowest BCUT2D eigenvalue weighted by molar-refractivity contribution is -0.183. The summed E-state index contributed by atoms with van der Waals surface area (Å²) in [6.07, 6.45) is 16.5. The summed E-state index contributed by atoms with van der Waals surface area (Å²) in [6, 6.07) is 7.60. The van der Waals surface area contributed by atoms with Crippen molar-refractivity contribution in [1.29, 1.82) is 0 Å². The van der Waals surface area contributed by atoms with Crippen LogP contribution in [0.4, 0.5) is 30.5 Å². The Morgan fingerprint density at radius 1 is 0.900 bits per heavy atom. The number of fused-ring (bicyclic) bond motifs is 3. The van der Waals surface area contributed by atoms with Crippen molar-refractivity contribution < 1.29 is 46.9 Å². The minimum Gasteiger partial charge on any atom is -0.474 e. The fourth-order valence-electron chi connectivity index (χ4n) is 11.5. The van der Waals surface area contributed by atoms with E-state index in [4.69, 9.17) is 9.47 Å². The number of likely N-dealkylation sites (tertiary alicyclic amines) is 1. The van der Waals surface area contributed by atoms with Gasteiger partial charge >= 0.3 is 0 Å². The second kappa shape index (κ2) is 21.5. The highest BCUT2D eigenvalue weighted by atomic mass is 19.3. The van der Waals surface area contributed by atoms with Gasteiger partial charge in [-0.05, 0) is 135 Å². The second-order valence-corrected chi connectivity index (χ2v) is 19.9. The number of pyridine rings is 2. The van der Waals surface area contributed by atoms with Crippen LogP contribution in [-0.4, -0.2) is 115 Å². The van der Waals surface area contributed by atoms with Crippen molar-refractivity contribution in [3.63, 3.8) is 0 Å². The van der Waals surface area contributed by atoms with Gasteiger partial charge in [-0.2, -0.15) is 4.94 Å². The standard InChI is InChI=1S/C18H19F2N3O4.C18H17FN4O.C16H27NO2/c19-16-12-9-23(14-3-4-15(24)21-17(14)25)18(26)11(12)1-2-13(16)22-7-5-10(27-20)6-8-22;1-10-14(9-23-18-17(10)21-3-4-24-18)13-5-11-7-16(20-2)22-8-12(11)6-15(13)19;18-13-19-15-10-16(11-15)6-8-17(9-7-16)12-14-4-2-1-3-5-14/h1-2,10,14H,3-9H2,(H,21,24,25);5-9,21H,3-4H2,1-2H3,(H,20,22);13-15H,1-12H2. The van der Waals surface area contributed by atoms with Crippen molar-refractivity contribution in [3.05, 3.63) is 71.1 Å². The molecule has 3 saturated heterocycles. The lowest BCUT2D eigenvalue weighted by Gasteiger charge is -2.51. The molecule has 1 unspecified atom stereocenters. The molecule has 0 bridgehead atoms. The summed E-state index contributed by atoms with van der Waals surface area (Å²) in [7, 11) is 1.81. The molecule has 2 saturated carbocycles. The minimum absolute atomic E-state index is 0.00975. The van der Waals surface area contributed by atoms with Crippen LogP contribution in [0.5, 0.6) is 5.88 Å². The molecule has 0 radical (unpaired) electrons. The smallest absolute Gasteiger partial charge is 0.293 e. The van der Waals surface area contributed by atoms with Gasteiger partial charge in [0.15, 0.2) is 5.82 Å². The van der Waals surface area contributed by atoms with Crippen molar-refractivity contribution in [2.24, 2.45) is 11.3 Å². The summed E-state index contributed by atoms with van der Waals surface area (Å²) in [6.45, 7) is 8.65. The van der Waals surface area contributed by atoms with E-state index >= 15 is 4.39 Å². The third-order valence-electron chi connectivity index (χ3n) is 15.6. The van der Waals surface area contributed by atoms with Crippen LogP contribution in [0.2, 0.25) is 0 Å². The number of anilines is 3. The number of imide groups is 1. The average molecular weight is 969 g/mol. The maximum Gasteiger partial charge on any atom is 0.293 e. The van der Waals surface area contributed by atoms with Gasteiger partial charge in [-0.25, -0.2) is 18.7 Å². The number of hydrogen-bond donors (Lipinski definition) is 3. The van der Waals surface area contributed by atoms with E-state index in [1.807, 2.05) is 31.0 Å². The Labute approximate surface area is 406 Å². The largest absolute Gasteiger partial charge is 0.474 e. The quantitative estimate of drug-likeness (QED) is 0.109. The summed E-state index contributed by atoms with van der Waals surface area (Å²) < 4.78 is 52.7. The van der Waals surface area contributed by atoms with E-state index in [0.29, 0.717) is 61.6 Å². The normalized spacial score (nSPS) is 21.5. The highest BCUT2D eigenvalue weighted by Gasteiger charge is 2.47. The first-order chi connectivity index (χ1) is 34.0. The fourth-order valence-corrected chi connectivity index (χ4v) is 11.5. The highest BCUT2D eigenvalue weighted by Crippen LogP contribution is 2.50. The van der Waals surface area contributed by atoms with Crippen molar-refractivity contribution in [2.75, 3.05) is 68.5 Å². The molecule has 3 amide bonds. The number of hydrogen-bond acceptors (Lipinski definition) is 13. The van der Waals surface area contributed by atoms with Crippen LogP contribution in [0, 0.1) is 29.9 Å². The van der Waals surface area contributed by atoms with Gasteiger partial charge in [0.2, 0.25) is 17.7 Å². The van der Waals surface area contributed by atoms with Crippen molar-refractivity contribution in [3.8, 4) is 17.0 Å². The van der Waals surface area contributed by atoms with Gasteiger partial charge in [-0.1, -0.05) is 19.3 Å². The lowest BCUT2D eigenvalue weighted by atomic mass is 9.61. The summed E-state index contributed by atoms with van der Waals surface area (Å²) in [5.41, 5.74) is 4.43. The lowest BCUT2D eigenvalue weighted by Crippen LogP contribution is -2.52. The van der Waals surface area contributed by atoms with Crippen LogP contribution in [0.1, 0.15) is 105 Å². The molecule has 11 rings (SSSR count). The molecular formula is C52H63F3N8O7. The van der Waals surface area contributed by atoms with Gasteiger partial charge in [0.05, 0.1) is 12.2 Å². The zero-order chi connectivity index (χ0) is 48.9. The monoisotopic (exact) mass is 968 g/mol. The Hall–Kier alpha value is -6.01. The molecule has 5 fully saturated rings.